The van der Waals surface area contributed by atoms with Gasteiger partial charge in [-0.05, 0) is 26.0 Å². The molecule has 0 spiro atoms. The molecule has 0 fully saturated rings. The summed E-state index contributed by atoms with van der Waals surface area (Å²) in [5, 5.41) is 3.30. The summed E-state index contributed by atoms with van der Waals surface area (Å²) in [6.07, 6.45) is 0. The molecule has 0 saturated heterocycles. The zero-order chi connectivity index (χ0) is 12.4. The highest BCUT2D eigenvalue weighted by Crippen LogP contribution is 2.20. The van der Waals surface area contributed by atoms with Crippen molar-refractivity contribution in [1.29, 1.82) is 0 Å². The van der Waals surface area contributed by atoms with Crippen LogP contribution in [0.25, 0.3) is 0 Å². The molecule has 4 nitrogen and oxygen atoms in total. The van der Waals surface area contributed by atoms with Gasteiger partial charge in [-0.15, -0.1) is 11.3 Å². The molecule has 2 heterocycles. The Morgan fingerprint density at radius 3 is 2.71 bits per heavy atom. The molecule has 2 aromatic heterocycles. The Morgan fingerprint density at radius 2 is 2.18 bits per heavy atom. The van der Waals surface area contributed by atoms with Crippen molar-refractivity contribution in [2.75, 3.05) is 5.73 Å². The number of rotatable bonds is 3. The Hall–Kier alpha value is -1.40. The van der Waals surface area contributed by atoms with Gasteiger partial charge in [0.2, 0.25) is 0 Å². The maximum atomic E-state index is 11.9. The van der Waals surface area contributed by atoms with E-state index in [0.717, 1.165) is 4.88 Å². The molecule has 0 unspecified atom stereocenters. The van der Waals surface area contributed by atoms with Gasteiger partial charge in [0.25, 0.3) is 5.91 Å². The van der Waals surface area contributed by atoms with E-state index in [1.165, 1.54) is 16.2 Å². The van der Waals surface area contributed by atoms with Crippen LogP contribution in [0.5, 0.6) is 0 Å². The Kier molecular flexibility index (Phi) is 3.44. The van der Waals surface area contributed by atoms with Crippen LogP contribution >= 0.6 is 22.7 Å². The molecule has 0 aliphatic rings. The van der Waals surface area contributed by atoms with E-state index >= 15 is 0 Å². The number of thiazole rings is 1. The minimum Gasteiger partial charge on any atom is -0.375 e. The van der Waals surface area contributed by atoms with E-state index in [0.29, 0.717) is 22.2 Å². The number of aromatic nitrogens is 1. The van der Waals surface area contributed by atoms with E-state index in [1.54, 1.807) is 18.3 Å². The van der Waals surface area contributed by atoms with Gasteiger partial charge in [-0.3, -0.25) is 4.79 Å². The summed E-state index contributed by atoms with van der Waals surface area (Å²) in [6.45, 7) is 4.38. The van der Waals surface area contributed by atoms with Crippen molar-refractivity contribution in [3.8, 4) is 0 Å². The lowest BCUT2D eigenvalue weighted by Gasteiger charge is -2.01. The molecule has 2 rings (SSSR count). The lowest BCUT2D eigenvalue weighted by atomic mass is 10.3. The van der Waals surface area contributed by atoms with Gasteiger partial charge in [0.1, 0.15) is 4.88 Å². The van der Waals surface area contributed by atoms with E-state index in [1.807, 2.05) is 19.1 Å². The predicted octanol–water partition coefficient (Wildman–Crippen LogP) is 2.33. The Bertz CT molecular complexity index is 545. The number of nitrogen functional groups attached to an aromatic ring is 1. The number of aryl methyl sites for hydroxylation is 2. The van der Waals surface area contributed by atoms with E-state index in [9.17, 15) is 4.79 Å². The number of hydrogen-bond donors (Lipinski definition) is 2. The van der Waals surface area contributed by atoms with Gasteiger partial charge in [0.15, 0.2) is 5.13 Å². The maximum Gasteiger partial charge on any atom is 0.263 e. The molecule has 90 valence electrons. The molecule has 0 aliphatic heterocycles. The SMILES string of the molecule is Cc1ccc(CNC(=O)c2sc(N)nc2C)s1. The van der Waals surface area contributed by atoms with Gasteiger partial charge in [-0.1, -0.05) is 11.3 Å². The Labute approximate surface area is 107 Å². The number of anilines is 1. The first kappa shape index (κ1) is 12.1. The fourth-order valence-electron chi connectivity index (χ4n) is 1.46. The third kappa shape index (κ3) is 2.83. The Morgan fingerprint density at radius 1 is 1.41 bits per heavy atom. The lowest BCUT2D eigenvalue weighted by molar-refractivity contribution is 0.0954. The van der Waals surface area contributed by atoms with Gasteiger partial charge in [0.05, 0.1) is 12.2 Å². The number of carbonyl (C=O) groups is 1. The summed E-state index contributed by atoms with van der Waals surface area (Å²) < 4.78 is 0. The van der Waals surface area contributed by atoms with Crippen LogP contribution in [0.2, 0.25) is 0 Å². The number of nitrogens with two attached hydrogens (primary N) is 1. The highest BCUT2D eigenvalue weighted by Gasteiger charge is 2.13. The molecular formula is C11H13N3OS2. The van der Waals surface area contributed by atoms with Gasteiger partial charge < -0.3 is 11.1 Å². The normalized spacial score (nSPS) is 10.5. The van der Waals surface area contributed by atoms with Crippen molar-refractivity contribution in [3.63, 3.8) is 0 Å². The van der Waals surface area contributed by atoms with Crippen molar-refractivity contribution < 1.29 is 4.79 Å². The first-order chi connectivity index (χ1) is 8.06. The molecule has 0 aromatic carbocycles. The topological polar surface area (TPSA) is 68.0 Å². The second kappa shape index (κ2) is 4.85. The van der Waals surface area contributed by atoms with Crippen LogP contribution in [-0.4, -0.2) is 10.9 Å². The molecule has 3 N–H and O–H groups in total. The van der Waals surface area contributed by atoms with Crippen LogP contribution in [0.4, 0.5) is 5.13 Å². The average molecular weight is 267 g/mol. The number of hydrogen-bond acceptors (Lipinski definition) is 5. The van der Waals surface area contributed by atoms with Crippen LogP contribution in [0.1, 0.15) is 25.1 Å². The number of thiophene rings is 1. The van der Waals surface area contributed by atoms with Crippen molar-refractivity contribution in [2.45, 2.75) is 20.4 Å². The molecular weight excluding hydrogens is 254 g/mol. The smallest absolute Gasteiger partial charge is 0.263 e. The minimum atomic E-state index is -0.109. The molecule has 0 bridgehead atoms. The molecule has 17 heavy (non-hydrogen) atoms. The molecule has 1 amide bonds. The summed E-state index contributed by atoms with van der Waals surface area (Å²) in [7, 11) is 0. The molecule has 0 saturated carbocycles. The van der Waals surface area contributed by atoms with E-state index in [2.05, 4.69) is 10.3 Å². The second-order valence-corrected chi connectivity index (χ2v) is 6.06. The zero-order valence-corrected chi connectivity index (χ0v) is 11.2. The third-order valence-corrected chi connectivity index (χ3v) is 4.22. The highest BCUT2D eigenvalue weighted by molar-refractivity contribution is 7.17. The fourth-order valence-corrected chi connectivity index (χ4v) is 3.04. The summed E-state index contributed by atoms with van der Waals surface area (Å²) in [5.74, 6) is -0.109. The standard InChI is InChI=1S/C11H13N3OS2/c1-6-3-4-8(16-6)5-13-10(15)9-7(2)14-11(12)17-9/h3-4H,5H2,1-2H3,(H2,12,14)(H,13,15). The van der Waals surface area contributed by atoms with Crippen molar-refractivity contribution in [3.05, 3.63) is 32.5 Å². The molecule has 0 atom stereocenters. The zero-order valence-electron chi connectivity index (χ0n) is 9.61. The second-order valence-electron chi connectivity index (χ2n) is 3.66. The van der Waals surface area contributed by atoms with Gasteiger partial charge in [0, 0.05) is 9.75 Å². The molecule has 0 radical (unpaired) electrons. The predicted molar refractivity (Wildman–Crippen MR) is 71.5 cm³/mol. The third-order valence-electron chi connectivity index (χ3n) is 2.24. The summed E-state index contributed by atoms with van der Waals surface area (Å²) >= 11 is 2.90. The van der Waals surface area contributed by atoms with Crippen LogP contribution < -0.4 is 11.1 Å². The van der Waals surface area contributed by atoms with E-state index in [-0.39, 0.29) is 5.91 Å². The van der Waals surface area contributed by atoms with Crippen molar-refractivity contribution in [1.82, 2.24) is 10.3 Å². The fraction of sp³-hybridized carbons (Fsp3) is 0.273. The lowest BCUT2D eigenvalue weighted by Crippen LogP contribution is -2.22. The number of carbonyl (C=O) groups excluding carboxylic acids is 1. The van der Waals surface area contributed by atoms with Gasteiger partial charge in [-0.2, -0.15) is 0 Å². The van der Waals surface area contributed by atoms with Crippen LogP contribution in [0.3, 0.4) is 0 Å². The Balaban J connectivity index is 2.00. The highest BCUT2D eigenvalue weighted by atomic mass is 32.1. The van der Waals surface area contributed by atoms with Crippen LogP contribution in [0.15, 0.2) is 12.1 Å². The van der Waals surface area contributed by atoms with E-state index in [4.69, 9.17) is 5.73 Å². The maximum absolute atomic E-state index is 11.9. The largest absolute Gasteiger partial charge is 0.375 e. The summed E-state index contributed by atoms with van der Waals surface area (Å²) in [5.41, 5.74) is 6.24. The molecule has 0 aliphatic carbocycles. The van der Waals surface area contributed by atoms with Crippen molar-refractivity contribution >= 4 is 33.7 Å². The average Bonchev–Trinajstić information content (AvgIpc) is 2.81. The number of amides is 1. The van der Waals surface area contributed by atoms with Crippen LogP contribution in [0, 0.1) is 13.8 Å². The number of nitrogens with zero attached hydrogens (tertiary/aromatic N) is 1. The number of nitrogens with one attached hydrogen (secondary N) is 1. The first-order valence-electron chi connectivity index (χ1n) is 5.12. The summed E-state index contributed by atoms with van der Waals surface area (Å²) in [4.78, 5) is 18.9. The van der Waals surface area contributed by atoms with E-state index < -0.39 is 0 Å². The van der Waals surface area contributed by atoms with Gasteiger partial charge in [-0.25, -0.2) is 4.98 Å². The van der Waals surface area contributed by atoms with Crippen LogP contribution in [-0.2, 0) is 6.54 Å². The monoisotopic (exact) mass is 267 g/mol. The van der Waals surface area contributed by atoms with Crippen molar-refractivity contribution in [2.24, 2.45) is 0 Å². The quantitative estimate of drug-likeness (QED) is 0.897. The molecule has 2 aromatic rings. The first-order valence-corrected chi connectivity index (χ1v) is 6.76. The minimum absolute atomic E-state index is 0.109. The molecule has 6 heteroatoms. The van der Waals surface area contributed by atoms with Gasteiger partial charge >= 0.3 is 0 Å². The summed E-state index contributed by atoms with van der Waals surface area (Å²) in [6, 6.07) is 4.07.